The van der Waals surface area contributed by atoms with Crippen molar-refractivity contribution in [3.8, 4) is 28.3 Å². The number of rotatable bonds is 4. The van der Waals surface area contributed by atoms with E-state index in [1.165, 1.54) is 16.7 Å². The summed E-state index contributed by atoms with van der Waals surface area (Å²) >= 11 is 0. The second-order valence-corrected chi connectivity index (χ2v) is 8.25. The molecule has 1 N–H and O–H groups in total. The lowest BCUT2D eigenvalue weighted by molar-refractivity contribution is 0.0643. The highest BCUT2D eigenvalue weighted by Crippen LogP contribution is 2.38. The number of nitrogens with one attached hydrogen (secondary N) is 1. The van der Waals surface area contributed by atoms with Gasteiger partial charge in [0.15, 0.2) is 0 Å². The van der Waals surface area contributed by atoms with Gasteiger partial charge in [-0.25, -0.2) is 0 Å². The van der Waals surface area contributed by atoms with Crippen LogP contribution in [-0.4, -0.2) is 65.7 Å². The summed E-state index contributed by atoms with van der Waals surface area (Å²) in [6.07, 6.45) is 1.90. The Bertz CT molecular complexity index is 1100. The Morgan fingerprint density at radius 3 is 2.55 bits per heavy atom. The fraction of sp³-hybridized carbons (Fsp3) is 0.360. The average molecular weight is 417 g/mol. The van der Waals surface area contributed by atoms with Gasteiger partial charge in [0, 0.05) is 48.4 Å². The number of aromatic nitrogens is 2. The SMILES string of the molecule is CCN1CCN(C(=O)c2ccc(-c3n[nH]c4c3CCc3cc(OC)ccc3-4)cc2)CC1. The summed E-state index contributed by atoms with van der Waals surface area (Å²) in [6, 6.07) is 14.1. The number of H-pyrrole nitrogens is 1. The van der Waals surface area contributed by atoms with E-state index < -0.39 is 0 Å². The zero-order chi connectivity index (χ0) is 21.4. The molecule has 31 heavy (non-hydrogen) atoms. The van der Waals surface area contributed by atoms with Crippen molar-refractivity contribution in [2.45, 2.75) is 19.8 Å². The highest BCUT2D eigenvalue weighted by Gasteiger charge is 2.24. The molecule has 1 aliphatic heterocycles. The van der Waals surface area contributed by atoms with Crippen molar-refractivity contribution in [1.29, 1.82) is 0 Å². The fourth-order valence-corrected chi connectivity index (χ4v) is 4.70. The molecule has 5 rings (SSSR count). The summed E-state index contributed by atoms with van der Waals surface area (Å²) in [5.41, 5.74) is 7.58. The summed E-state index contributed by atoms with van der Waals surface area (Å²) in [4.78, 5) is 17.2. The minimum Gasteiger partial charge on any atom is -0.497 e. The molecule has 0 radical (unpaired) electrons. The van der Waals surface area contributed by atoms with Gasteiger partial charge in [-0.2, -0.15) is 5.10 Å². The number of carbonyl (C=O) groups is 1. The fourth-order valence-electron chi connectivity index (χ4n) is 4.70. The van der Waals surface area contributed by atoms with E-state index in [2.05, 4.69) is 34.2 Å². The third-order valence-electron chi connectivity index (χ3n) is 6.61. The molecule has 2 aliphatic rings. The van der Waals surface area contributed by atoms with Crippen LogP contribution in [0, 0.1) is 0 Å². The first-order valence-electron chi connectivity index (χ1n) is 11.0. The van der Waals surface area contributed by atoms with Gasteiger partial charge in [-0.3, -0.25) is 9.89 Å². The molecule has 6 nitrogen and oxygen atoms in total. The molecule has 1 saturated heterocycles. The first-order chi connectivity index (χ1) is 15.2. The van der Waals surface area contributed by atoms with Crippen molar-refractivity contribution < 1.29 is 9.53 Å². The van der Waals surface area contributed by atoms with Gasteiger partial charge in [-0.1, -0.05) is 19.1 Å². The molecule has 3 aromatic rings. The van der Waals surface area contributed by atoms with Gasteiger partial charge in [0.05, 0.1) is 18.5 Å². The third kappa shape index (κ3) is 3.61. The number of methoxy groups -OCH3 is 1. The molecule has 0 saturated carbocycles. The zero-order valence-electron chi connectivity index (χ0n) is 18.1. The number of hydrogen-bond donors (Lipinski definition) is 1. The van der Waals surface area contributed by atoms with Gasteiger partial charge in [0.2, 0.25) is 0 Å². The molecule has 160 valence electrons. The number of likely N-dealkylation sites (N-methyl/N-ethyl adjacent to an activating group) is 1. The lowest BCUT2D eigenvalue weighted by Crippen LogP contribution is -2.48. The number of aromatic amines is 1. The minimum atomic E-state index is 0.120. The maximum absolute atomic E-state index is 12.9. The van der Waals surface area contributed by atoms with Crippen LogP contribution in [0.2, 0.25) is 0 Å². The van der Waals surface area contributed by atoms with Gasteiger partial charge in [0.25, 0.3) is 5.91 Å². The van der Waals surface area contributed by atoms with Crippen LogP contribution in [0.1, 0.15) is 28.4 Å². The smallest absolute Gasteiger partial charge is 0.253 e. The molecule has 1 aromatic heterocycles. The van der Waals surface area contributed by atoms with E-state index >= 15 is 0 Å². The summed E-state index contributed by atoms with van der Waals surface area (Å²) in [5.74, 6) is 1.01. The Morgan fingerprint density at radius 1 is 1.06 bits per heavy atom. The molecule has 1 fully saturated rings. The Balaban J connectivity index is 1.37. The van der Waals surface area contributed by atoms with Crippen LogP contribution >= 0.6 is 0 Å². The predicted octanol–water partition coefficient (Wildman–Crippen LogP) is 3.63. The lowest BCUT2D eigenvalue weighted by Gasteiger charge is -2.34. The number of carbonyl (C=O) groups excluding carboxylic acids is 1. The van der Waals surface area contributed by atoms with Crippen molar-refractivity contribution in [3.05, 3.63) is 59.2 Å². The molecule has 2 heterocycles. The molecular formula is C25H28N4O2. The number of fused-ring (bicyclic) bond motifs is 3. The predicted molar refractivity (Wildman–Crippen MR) is 121 cm³/mol. The number of benzene rings is 2. The highest BCUT2D eigenvalue weighted by molar-refractivity contribution is 5.95. The normalized spacial score (nSPS) is 16.0. The summed E-state index contributed by atoms with van der Waals surface area (Å²) in [7, 11) is 1.70. The standard InChI is InChI=1S/C25H28N4O2/c1-3-28-12-14-29(15-13-28)25(30)18-6-4-17(5-7-18)23-22-10-8-19-16-20(31-2)9-11-21(19)24(22)27-26-23/h4-7,9,11,16H,3,8,10,12-15H2,1-2H3,(H,26,27). The number of piperazine rings is 1. The topological polar surface area (TPSA) is 61.5 Å². The van der Waals surface area contributed by atoms with Crippen LogP contribution < -0.4 is 4.74 Å². The van der Waals surface area contributed by atoms with E-state index in [1.807, 2.05) is 35.2 Å². The second kappa shape index (κ2) is 8.19. The first-order valence-corrected chi connectivity index (χ1v) is 11.0. The van der Waals surface area contributed by atoms with Crippen molar-refractivity contribution in [2.24, 2.45) is 0 Å². The Labute approximate surface area is 182 Å². The van der Waals surface area contributed by atoms with E-state index in [4.69, 9.17) is 4.74 Å². The van der Waals surface area contributed by atoms with E-state index in [9.17, 15) is 4.79 Å². The molecule has 1 amide bonds. The van der Waals surface area contributed by atoms with Gasteiger partial charge in [0.1, 0.15) is 5.75 Å². The maximum atomic E-state index is 12.9. The first kappa shape index (κ1) is 19.8. The van der Waals surface area contributed by atoms with Crippen LogP contribution in [0.25, 0.3) is 22.5 Å². The minimum absolute atomic E-state index is 0.120. The zero-order valence-corrected chi connectivity index (χ0v) is 18.1. The van der Waals surface area contributed by atoms with Gasteiger partial charge in [-0.05, 0) is 55.3 Å². The third-order valence-corrected chi connectivity index (χ3v) is 6.61. The monoisotopic (exact) mass is 416 g/mol. The largest absolute Gasteiger partial charge is 0.497 e. The summed E-state index contributed by atoms with van der Waals surface area (Å²) in [5, 5.41) is 7.88. The van der Waals surface area contributed by atoms with Crippen LogP contribution in [0.3, 0.4) is 0 Å². The summed E-state index contributed by atoms with van der Waals surface area (Å²) in [6.45, 7) is 6.71. The number of hydrogen-bond acceptors (Lipinski definition) is 4. The number of nitrogens with zero attached hydrogens (tertiary/aromatic N) is 3. The summed E-state index contributed by atoms with van der Waals surface area (Å²) < 4.78 is 5.37. The van der Waals surface area contributed by atoms with E-state index in [0.717, 1.165) is 73.8 Å². The van der Waals surface area contributed by atoms with Crippen LogP contribution in [-0.2, 0) is 12.8 Å². The number of aryl methyl sites for hydroxylation is 1. The van der Waals surface area contributed by atoms with E-state index in [0.29, 0.717) is 0 Å². The maximum Gasteiger partial charge on any atom is 0.253 e. The number of amides is 1. The molecule has 0 bridgehead atoms. The molecule has 2 aromatic carbocycles. The van der Waals surface area contributed by atoms with Gasteiger partial charge < -0.3 is 14.5 Å². The Kier molecular flexibility index (Phi) is 5.24. The Morgan fingerprint density at radius 2 is 1.84 bits per heavy atom. The molecule has 6 heteroatoms. The average Bonchev–Trinajstić information content (AvgIpc) is 3.28. The Hall–Kier alpha value is -3.12. The molecule has 0 spiro atoms. The molecular weight excluding hydrogens is 388 g/mol. The lowest BCUT2D eigenvalue weighted by atomic mass is 9.87. The molecule has 1 aliphatic carbocycles. The highest BCUT2D eigenvalue weighted by atomic mass is 16.5. The van der Waals surface area contributed by atoms with Crippen LogP contribution in [0.5, 0.6) is 5.75 Å². The van der Waals surface area contributed by atoms with Crippen LogP contribution in [0.15, 0.2) is 42.5 Å². The quantitative estimate of drug-likeness (QED) is 0.706. The number of ether oxygens (including phenoxy) is 1. The van der Waals surface area contributed by atoms with Crippen molar-refractivity contribution in [3.63, 3.8) is 0 Å². The van der Waals surface area contributed by atoms with Gasteiger partial charge >= 0.3 is 0 Å². The van der Waals surface area contributed by atoms with Crippen LogP contribution in [0.4, 0.5) is 0 Å². The van der Waals surface area contributed by atoms with Crippen molar-refractivity contribution >= 4 is 5.91 Å². The molecule has 0 atom stereocenters. The van der Waals surface area contributed by atoms with Crippen molar-refractivity contribution in [1.82, 2.24) is 20.0 Å². The van der Waals surface area contributed by atoms with E-state index in [-0.39, 0.29) is 5.91 Å². The van der Waals surface area contributed by atoms with Gasteiger partial charge in [-0.15, -0.1) is 0 Å². The van der Waals surface area contributed by atoms with E-state index in [1.54, 1.807) is 7.11 Å². The molecule has 0 unspecified atom stereocenters. The second-order valence-electron chi connectivity index (χ2n) is 8.25. The van der Waals surface area contributed by atoms with Crippen molar-refractivity contribution in [2.75, 3.05) is 39.8 Å².